The lowest BCUT2D eigenvalue weighted by molar-refractivity contribution is 0.307. The van der Waals surface area contributed by atoms with E-state index in [0.29, 0.717) is 11.6 Å². The van der Waals surface area contributed by atoms with Crippen LogP contribution < -0.4 is 5.63 Å². The van der Waals surface area contributed by atoms with Crippen LogP contribution in [-0.4, -0.2) is 20.2 Å². The van der Waals surface area contributed by atoms with Crippen LogP contribution in [0.2, 0.25) is 0 Å². The fraction of sp³-hybridized carbons (Fsp3) is 0.375. The van der Waals surface area contributed by atoms with E-state index >= 15 is 0 Å². The molecule has 118 valence electrons. The van der Waals surface area contributed by atoms with Crippen molar-refractivity contribution in [3.8, 4) is 0 Å². The van der Waals surface area contributed by atoms with Crippen molar-refractivity contribution < 1.29 is 4.42 Å². The summed E-state index contributed by atoms with van der Waals surface area (Å²) in [5.41, 5.74) is 0.224. The smallest absolute Gasteiger partial charge is 0.337 e. The Morgan fingerprint density at radius 2 is 2.00 bits per heavy atom. The monoisotopic (exact) mass is 328 g/mol. The number of tetrazole rings is 1. The van der Waals surface area contributed by atoms with E-state index in [9.17, 15) is 4.79 Å². The van der Waals surface area contributed by atoms with Crippen molar-refractivity contribution in [2.24, 2.45) is 0 Å². The van der Waals surface area contributed by atoms with Crippen molar-refractivity contribution in [1.82, 2.24) is 20.2 Å². The number of hydrogen-bond donors (Lipinski definition) is 0. The maximum absolute atomic E-state index is 11.8. The first-order valence-electron chi connectivity index (χ1n) is 7.80. The summed E-state index contributed by atoms with van der Waals surface area (Å²) in [5, 5.41) is 13.8. The summed E-state index contributed by atoms with van der Waals surface area (Å²) in [4.78, 5) is 12.6. The van der Waals surface area contributed by atoms with E-state index in [4.69, 9.17) is 4.42 Å². The molecule has 0 aliphatic heterocycles. The molecule has 7 heteroatoms. The topological polar surface area (TPSA) is 73.8 Å². The summed E-state index contributed by atoms with van der Waals surface area (Å²) in [6.45, 7) is 0. The largest absolute Gasteiger partial charge is 0.423 e. The molecule has 0 amide bonds. The number of aromatic nitrogens is 4. The zero-order valence-corrected chi connectivity index (χ0v) is 13.3. The average Bonchev–Trinajstić information content (AvgIpc) is 3.04. The molecule has 3 aromatic rings. The van der Waals surface area contributed by atoms with Crippen molar-refractivity contribution in [3.63, 3.8) is 0 Å². The maximum atomic E-state index is 11.8. The fourth-order valence-electron chi connectivity index (χ4n) is 3.07. The van der Waals surface area contributed by atoms with Gasteiger partial charge in [-0.05, 0) is 41.1 Å². The molecule has 4 rings (SSSR count). The maximum Gasteiger partial charge on any atom is 0.337 e. The number of benzene rings is 1. The van der Waals surface area contributed by atoms with Crippen molar-refractivity contribution in [2.45, 2.75) is 48.2 Å². The zero-order chi connectivity index (χ0) is 15.6. The minimum Gasteiger partial charge on any atom is -0.423 e. The van der Waals surface area contributed by atoms with E-state index < -0.39 is 0 Å². The van der Waals surface area contributed by atoms with E-state index in [1.54, 1.807) is 6.07 Å². The van der Waals surface area contributed by atoms with Gasteiger partial charge in [0.05, 0.1) is 6.04 Å². The van der Waals surface area contributed by atoms with Gasteiger partial charge in [0.1, 0.15) is 5.58 Å². The summed E-state index contributed by atoms with van der Waals surface area (Å²) >= 11 is 1.43. The highest BCUT2D eigenvalue weighted by molar-refractivity contribution is 7.99. The average molecular weight is 328 g/mol. The lowest BCUT2D eigenvalue weighted by Crippen LogP contribution is -2.15. The molecule has 1 saturated carbocycles. The Morgan fingerprint density at radius 3 is 2.87 bits per heavy atom. The van der Waals surface area contributed by atoms with Crippen LogP contribution in [0.4, 0.5) is 0 Å². The predicted octanol–water partition coefficient (Wildman–Crippen LogP) is 3.44. The van der Waals surface area contributed by atoms with Crippen molar-refractivity contribution in [1.29, 1.82) is 0 Å². The second kappa shape index (κ2) is 6.16. The summed E-state index contributed by atoms with van der Waals surface area (Å²) in [6, 6.07) is 9.38. The standard InChI is InChI=1S/C16H16N4O2S/c21-15-10-14(12-8-4-5-9-13(12)22-15)23-16-17-18-19-20(16)11-6-2-1-3-7-11/h4-5,8-11H,1-3,6-7H2. The minimum absolute atomic E-state index is 0.354. The highest BCUT2D eigenvalue weighted by Gasteiger charge is 2.21. The van der Waals surface area contributed by atoms with Gasteiger partial charge in [-0.2, -0.15) is 0 Å². The van der Waals surface area contributed by atoms with Crippen LogP contribution in [0.15, 0.2) is 49.6 Å². The van der Waals surface area contributed by atoms with E-state index in [0.717, 1.165) is 28.3 Å². The van der Waals surface area contributed by atoms with Gasteiger partial charge >= 0.3 is 5.63 Å². The second-order valence-electron chi connectivity index (χ2n) is 5.73. The quantitative estimate of drug-likeness (QED) is 0.686. The van der Waals surface area contributed by atoms with E-state index in [-0.39, 0.29) is 5.63 Å². The van der Waals surface area contributed by atoms with Gasteiger partial charge in [0.2, 0.25) is 5.16 Å². The Kier molecular flexibility index (Phi) is 3.87. The Morgan fingerprint density at radius 1 is 1.17 bits per heavy atom. The molecule has 6 nitrogen and oxygen atoms in total. The summed E-state index contributed by atoms with van der Waals surface area (Å²) in [6.07, 6.45) is 5.93. The number of para-hydroxylation sites is 1. The van der Waals surface area contributed by atoms with Crippen molar-refractivity contribution >= 4 is 22.7 Å². The van der Waals surface area contributed by atoms with Crippen LogP contribution in [0.25, 0.3) is 11.0 Å². The van der Waals surface area contributed by atoms with Crippen molar-refractivity contribution in [2.75, 3.05) is 0 Å². The number of rotatable bonds is 3. The third-order valence-electron chi connectivity index (χ3n) is 4.20. The van der Waals surface area contributed by atoms with Crippen LogP contribution in [0.3, 0.4) is 0 Å². The van der Waals surface area contributed by atoms with E-state index in [1.807, 2.05) is 22.9 Å². The number of nitrogens with zero attached hydrogens (tertiary/aromatic N) is 4. The molecule has 1 aliphatic rings. The van der Waals surface area contributed by atoms with Gasteiger partial charge in [-0.15, -0.1) is 5.10 Å². The van der Waals surface area contributed by atoms with Crippen LogP contribution in [0.1, 0.15) is 38.1 Å². The van der Waals surface area contributed by atoms with Gasteiger partial charge in [0.15, 0.2) is 0 Å². The highest BCUT2D eigenvalue weighted by Crippen LogP contribution is 2.35. The Hall–Kier alpha value is -2.15. The van der Waals surface area contributed by atoms with Gasteiger partial charge in [0.25, 0.3) is 0 Å². The Labute approximate surface area is 136 Å². The molecule has 0 saturated heterocycles. The molecular weight excluding hydrogens is 312 g/mol. The van der Waals surface area contributed by atoms with Gasteiger partial charge in [-0.25, -0.2) is 9.48 Å². The zero-order valence-electron chi connectivity index (χ0n) is 12.5. The molecule has 0 spiro atoms. The summed E-state index contributed by atoms with van der Waals surface area (Å²) < 4.78 is 7.15. The van der Waals surface area contributed by atoms with Gasteiger partial charge < -0.3 is 4.42 Å². The van der Waals surface area contributed by atoms with Gasteiger partial charge in [0, 0.05) is 16.3 Å². The molecule has 0 radical (unpaired) electrons. The van der Waals surface area contributed by atoms with Crippen molar-refractivity contribution in [3.05, 3.63) is 40.8 Å². The molecule has 0 N–H and O–H groups in total. The van der Waals surface area contributed by atoms with Crippen LogP contribution in [-0.2, 0) is 0 Å². The molecule has 1 fully saturated rings. The Balaban J connectivity index is 1.72. The first kappa shape index (κ1) is 14.4. The molecule has 1 aliphatic carbocycles. The second-order valence-corrected chi connectivity index (χ2v) is 6.73. The van der Waals surface area contributed by atoms with E-state index in [2.05, 4.69) is 15.5 Å². The highest BCUT2D eigenvalue weighted by atomic mass is 32.2. The normalized spacial score (nSPS) is 16.0. The first-order valence-corrected chi connectivity index (χ1v) is 8.61. The fourth-order valence-corrected chi connectivity index (χ4v) is 4.06. The predicted molar refractivity (Wildman–Crippen MR) is 86.5 cm³/mol. The van der Waals surface area contributed by atoms with Gasteiger partial charge in [-0.3, -0.25) is 0 Å². The minimum atomic E-state index is -0.358. The summed E-state index contributed by atoms with van der Waals surface area (Å²) in [7, 11) is 0. The molecular formula is C16H16N4O2S. The molecule has 0 bridgehead atoms. The third-order valence-corrected chi connectivity index (χ3v) is 5.21. The Bertz CT molecular complexity index is 883. The first-order chi connectivity index (χ1) is 11.3. The van der Waals surface area contributed by atoms with Crippen LogP contribution in [0, 0.1) is 0 Å². The van der Waals surface area contributed by atoms with E-state index in [1.165, 1.54) is 37.1 Å². The molecule has 0 atom stereocenters. The molecule has 1 aromatic carbocycles. The van der Waals surface area contributed by atoms with Gasteiger partial charge in [-0.1, -0.05) is 37.5 Å². The number of hydrogen-bond acceptors (Lipinski definition) is 6. The number of fused-ring (bicyclic) bond motifs is 1. The van der Waals surface area contributed by atoms with Crippen LogP contribution >= 0.6 is 11.8 Å². The lowest BCUT2D eigenvalue weighted by Gasteiger charge is -2.22. The molecule has 23 heavy (non-hydrogen) atoms. The van der Waals surface area contributed by atoms with Crippen LogP contribution in [0.5, 0.6) is 0 Å². The SMILES string of the molecule is O=c1cc(Sc2nnnn2C2CCCCC2)c2ccccc2o1. The lowest BCUT2D eigenvalue weighted by atomic mass is 9.96. The molecule has 0 unspecified atom stereocenters. The summed E-state index contributed by atoms with van der Waals surface area (Å²) in [5.74, 6) is 0. The molecule has 2 aromatic heterocycles. The third kappa shape index (κ3) is 2.88. The molecule has 2 heterocycles.